The predicted molar refractivity (Wildman–Crippen MR) is 115 cm³/mol. The Hall–Kier alpha value is -3.20. The first-order valence-electron chi connectivity index (χ1n) is 9.62. The van der Waals surface area contributed by atoms with E-state index in [0.717, 1.165) is 17.2 Å². The van der Waals surface area contributed by atoms with E-state index < -0.39 is 0 Å². The minimum absolute atomic E-state index is 0.120. The molecule has 0 bridgehead atoms. The number of nitrogens with one attached hydrogen (secondary N) is 1. The monoisotopic (exact) mass is 424 g/mol. The summed E-state index contributed by atoms with van der Waals surface area (Å²) in [6, 6.07) is 7.82. The second-order valence-corrected chi connectivity index (χ2v) is 8.31. The van der Waals surface area contributed by atoms with Crippen molar-refractivity contribution in [3.63, 3.8) is 0 Å². The highest BCUT2D eigenvalue weighted by Gasteiger charge is 2.20. The first kappa shape index (κ1) is 20.1. The van der Waals surface area contributed by atoms with Gasteiger partial charge in [0.2, 0.25) is 5.13 Å². The highest BCUT2D eigenvalue weighted by Crippen LogP contribution is 2.26. The van der Waals surface area contributed by atoms with Crippen molar-refractivity contribution in [3.8, 4) is 11.4 Å². The molecule has 4 aromatic rings. The third-order valence-corrected chi connectivity index (χ3v) is 5.29. The molecular weight excluding hydrogens is 403 g/mol. The Morgan fingerprint density at radius 1 is 1.13 bits per heavy atom. The van der Waals surface area contributed by atoms with Crippen LogP contribution >= 0.6 is 11.5 Å². The van der Waals surface area contributed by atoms with Crippen LogP contribution in [0.1, 0.15) is 55.7 Å². The largest absolute Gasteiger partial charge is 0.297 e. The van der Waals surface area contributed by atoms with Crippen molar-refractivity contribution in [3.05, 3.63) is 53.6 Å². The minimum atomic E-state index is -0.327. The summed E-state index contributed by atoms with van der Waals surface area (Å²) in [6.07, 6.45) is 1.67. The van der Waals surface area contributed by atoms with Crippen molar-refractivity contribution in [2.24, 2.45) is 0 Å². The predicted octanol–water partition coefficient (Wildman–Crippen LogP) is 5.05. The SMILES string of the molecule is CC(C)c1cc(C(=O)Nc2nc(-c3ccc(F)cc3)ns2)c2cnn(C(C)C)c2n1. The van der Waals surface area contributed by atoms with Gasteiger partial charge in [-0.05, 0) is 50.1 Å². The van der Waals surface area contributed by atoms with E-state index in [2.05, 4.69) is 19.8 Å². The fourth-order valence-electron chi connectivity index (χ4n) is 3.05. The van der Waals surface area contributed by atoms with E-state index in [1.165, 1.54) is 12.1 Å². The van der Waals surface area contributed by atoms with Gasteiger partial charge in [-0.1, -0.05) is 13.8 Å². The zero-order valence-corrected chi connectivity index (χ0v) is 17.9. The molecule has 3 heterocycles. The fraction of sp³-hybridized carbons (Fsp3) is 0.286. The second-order valence-electron chi connectivity index (χ2n) is 7.55. The molecule has 0 saturated carbocycles. The van der Waals surface area contributed by atoms with Crippen molar-refractivity contribution in [2.75, 3.05) is 5.32 Å². The van der Waals surface area contributed by atoms with E-state index in [4.69, 9.17) is 4.98 Å². The summed E-state index contributed by atoms with van der Waals surface area (Å²) >= 11 is 1.07. The second kappa shape index (κ2) is 7.91. The van der Waals surface area contributed by atoms with Gasteiger partial charge in [0.25, 0.3) is 5.91 Å². The normalized spacial score (nSPS) is 11.6. The summed E-state index contributed by atoms with van der Waals surface area (Å²) in [7, 11) is 0. The maximum atomic E-state index is 13.1. The van der Waals surface area contributed by atoms with Crippen LogP contribution in [-0.4, -0.2) is 30.0 Å². The molecule has 1 amide bonds. The summed E-state index contributed by atoms with van der Waals surface area (Å²) in [4.78, 5) is 22.2. The average Bonchev–Trinajstić information content (AvgIpc) is 3.34. The molecule has 1 aromatic carbocycles. The van der Waals surface area contributed by atoms with Crippen molar-refractivity contribution in [2.45, 2.75) is 39.7 Å². The van der Waals surface area contributed by atoms with Crippen molar-refractivity contribution in [1.29, 1.82) is 0 Å². The molecule has 30 heavy (non-hydrogen) atoms. The Bertz CT molecular complexity index is 1210. The Morgan fingerprint density at radius 3 is 2.53 bits per heavy atom. The Balaban J connectivity index is 1.67. The maximum absolute atomic E-state index is 13.1. The first-order chi connectivity index (χ1) is 14.3. The zero-order valence-electron chi connectivity index (χ0n) is 17.0. The van der Waals surface area contributed by atoms with Gasteiger partial charge in [-0.25, -0.2) is 14.1 Å². The highest BCUT2D eigenvalue weighted by molar-refractivity contribution is 7.10. The maximum Gasteiger partial charge on any atom is 0.258 e. The highest BCUT2D eigenvalue weighted by atomic mass is 32.1. The van der Waals surface area contributed by atoms with Crippen LogP contribution in [0.25, 0.3) is 22.4 Å². The molecule has 154 valence electrons. The topological polar surface area (TPSA) is 85.6 Å². The van der Waals surface area contributed by atoms with E-state index in [-0.39, 0.29) is 23.7 Å². The van der Waals surface area contributed by atoms with Crippen LogP contribution in [0.5, 0.6) is 0 Å². The standard InChI is InChI=1S/C21H21FN6OS/c1-11(2)17-9-15(16-10-23-28(12(3)4)19(16)24-17)20(29)26-21-25-18(27-30-21)13-5-7-14(22)8-6-13/h5-12H,1-4H3,(H,25,26,27,29). The summed E-state index contributed by atoms with van der Waals surface area (Å²) in [5.41, 5.74) is 2.68. The van der Waals surface area contributed by atoms with Crippen LogP contribution < -0.4 is 5.32 Å². The lowest BCUT2D eigenvalue weighted by molar-refractivity contribution is 0.102. The number of aromatic nitrogens is 5. The number of anilines is 1. The van der Waals surface area contributed by atoms with E-state index in [1.54, 1.807) is 24.4 Å². The molecule has 1 N–H and O–H groups in total. The minimum Gasteiger partial charge on any atom is -0.297 e. The summed E-state index contributed by atoms with van der Waals surface area (Å²) in [5, 5.41) is 8.29. The molecule has 0 spiro atoms. The summed E-state index contributed by atoms with van der Waals surface area (Å²) in [5.74, 6) is -0.0322. The van der Waals surface area contributed by atoms with E-state index in [0.29, 0.717) is 33.1 Å². The molecule has 0 aliphatic carbocycles. The first-order valence-corrected chi connectivity index (χ1v) is 10.4. The third-order valence-electron chi connectivity index (χ3n) is 4.66. The number of amides is 1. The molecule has 9 heteroatoms. The molecule has 4 rings (SSSR count). The van der Waals surface area contributed by atoms with Gasteiger partial charge in [0.1, 0.15) is 5.82 Å². The van der Waals surface area contributed by atoms with Crippen molar-refractivity contribution in [1.82, 2.24) is 24.1 Å². The van der Waals surface area contributed by atoms with Gasteiger partial charge in [0, 0.05) is 28.8 Å². The molecule has 0 radical (unpaired) electrons. The summed E-state index contributed by atoms with van der Waals surface area (Å²) < 4.78 is 19.2. The molecule has 0 aliphatic heterocycles. The van der Waals surface area contributed by atoms with Crippen LogP contribution in [-0.2, 0) is 0 Å². The number of nitrogens with zero attached hydrogens (tertiary/aromatic N) is 5. The van der Waals surface area contributed by atoms with Crippen molar-refractivity contribution < 1.29 is 9.18 Å². The molecule has 0 fully saturated rings. The number of rotatable bonds is 5. The molecule has 7 nitrogen and oxygen atoms in total. The van der Waals surface area contributed by atoms with E-state index >= 15 is 0 Å². The number of hydrogen-bond donors (Lipinski definition) is 1. The van der Waals surface area contributed by atoms with Gasteiger partial charge >= 0.3 is 0 Å². The molecule has 0 aliphatic rings. The van der Waals surface area contributed by atoms with Crippen LogP contribution in [0.4, 0.5) is 9.52 Å². The lowest BCUT2D eigenvalue weighted by Gasteiger charge is -2.11. The number of halogens is 1. The van der Waals surface area contributed by atoms with E-state index in [1.807, 2.05) is 32.4 Å². The molecule has 0 unspecified atom stereocenters. The molecule has 0 atom stereocenters. The Morgan fingerprint density at radius 2 is 1.87 bits per heavy atom. The zero-order chi connectivity index (χ0) is 21.4. The molecule has 0 saturated heterocycles. The van der Waals surface area contributed by atoms with Gasteiger partial charge < -0.3 is 0 Å². The van der Waals surface area contributed by atoms with Crippen LogP contribution in [0, 0.1) is 5.82 Å². The van der Waals surface area contributed by atoms with Crippen LogP contribution in [0.3, 0.4) is 0 Å². The third kappa shape index (κ3) is 3.80. The van der Waals surface area contributed by atoms with Gasteiger partial charge in [-0.2, -0.15) is 14.5 Å². The Kier molecular flexibility index (Phi) is 5.29. The number of hydrogen-bond acceptors (Lipinski definition) is 6. The number of carbonyl (C=O) groups excluding carboxylic acids is 1. The van der Waals surface area contributed by atoms with Crippen molar-refractivity contribution >= 4 is 33.6 Å². The van der Waals surface area contributed by atoms with Gasteiger partial charge in [-0.15, -0.1) is 0 Å². The van der Waals surface area contributed by atoms with Gasteiger partial charge in [0.15, 0.2) is 11.5 Å². The van der Waals surface area contributed by atoms with Gasteiger partial charge in [0.05, 0.1) is 17.1 Å². The number of benzene rings is 1. The molecule has 3 aromatic heterocycles. The molecular formula is C21H21FN6OS. The summed E-state index contributed by atoms with van der Waals surface area (Å²) in [6.45, 7) is 8.11. The lowest BCUT2D eigenvalue weighted by atomic mass is 10.0. The van der Waals surface area contributed by atoms with E-state index in [9.17, 15) is 9.18 Å². The smallest absolute Gasteiger partial charge is 0.258 e. The van der Waals surface area contributed by atoms with Crippen LogP contribution in [0.2, 0.25) is 0 Å². The fourth-order valence-corrected chi connectivity index (χ4v) is 3.64. The lowest BCUT2D eigenvalue weighted by Crippen LogP contribution is -2.14. The number of carbonyl (C=O) groups is 1. The quantitative estimate of drug-likeness (QED) is 0.485. The van der Waals surface area contributed by atoms with Gasteiger partial charge in [-0.3, -0.25) is 10.1 Å². The number of fused-ring (bicyclic) bond motifs is 1. The Labute approximate surface area is 177 Å². The van der Waals surface area contributed by atoms with Crippen LogP contribution in [0.15, 0.2) is 36.5 Å². The number of pyridine rings is 1. The average molecular weight is 425 g/mol.